The zero-order chi connectivity index (χ0) is 11.5. The van der Waals surface area contributed by atoms with Crippen LogP contribution >= 0.6 is 0 Å². The molecule has 2 N–H and O–H groups in total. The van der Waals surface area contributed by atoms with Crippen molar-refractivity contribution in [3.8, 4) is 0 Å². The molecular formula is C10H19NO4. The molecule has 0 aromatic heterocycles. The third-order valence-electron chi connectivity index (χ3n) is 2.07. The Kier molecular flexibility index (Phi) is 4.07. The zero-order valence-electron chi connectivity index (χ0n) is 9.45. The fraction of sp³-hybridized carbons (Fsp3) is 0.900. The van der Waals surface area contributed by atoms with E-state index in [1.54, 1.807) is 0 Å². The minimum atomic E-state index is -0.880. The SMILES string of the molecule is CC(C)(C)ONCC1CCC(C(=O)O)O1. The lowest BCUT2D eigenvalue weighted by Gasteiger charge is -2.21. The van der Waals surface area contributed by atoms with E-state index < -0.39 is 12.1 Å². The first-order chi connectivity index (χ1) is 6.88. The van der Waals surface area contributed by atoms with Gasteiger partial charge in [0.1, 0.15) is 0 Å². The Morgan fingerprint density at radius 3 is 2.67 bits per heavy atom. The predicted molar refractivity (Wildman–Crippen MR) is 54.4 cm³/mol. The van der Waals surface area contributed by atoms with Gasteiger partial charge in [-0.25, -0.2) is 4.79 Å². The quantitative estimate of drug-likeness (QED) is 0.686. The van der Waals surface area contributed by atoms with Crippen LogP contribution in [0.15, 0.2) is 0 Å². The molecule has 15 heavy (non-hydrogen) atoms. The first-order valence-corrected chi connectivity index (χ1v) is 5.17. The Balaban J connectivity index is 2.17. The molecule has 0 aromatic carbocycles. The average molecular weight is 217 g/mol. The summed E-state index contributed by atoms with van der Waals surface area (Å²) in [7, 11) is 0. The molecule has 0 spiro atoms. The van der Waals surface area contributed by atoms with E-state index in [1.165, 1.54) is 0 Å². The molecule has 0 aliphatic carbocycles. The van der Waals surface area contributed by atoms with Crippen molar-refractivity contribution in [1.82, 2.24) is 5.48 Å². The van der Waals surface area contributed by atoms with Crippen molar-refractivity contribution in [1.29, 1.82) is 0 Å². The molecule has 5 nitrogen and oxygen atoms in total. The second kappa shape index (κ2) is 4.92. The fourth-order valence-corrected chi connectivity index (χ4v) is 1.39. The van der Waals surface area contributed by atoms with Crippen LogP contribution in [-0.2, 0) is 14.4 Å². The van der Waals surface area contributed by atoms with Crippen molar-refractivity contribution in [2.45, 2.75) is 51.4 Å². The number of rotatable bonds is 4. The predicted octanol–water partition coefficient (Wildman–Crippen LogP) is 0.938. The van der Waals surface area contributed by atoms with Gasteiger partial charge >= 0.3 is 5.97 Å². The Morgan fingerprint density at radius 1 is 1.53 bits per heavy atom. The average Bonchev–Trinajstić information content (AvgIpc) is 2.50. The lowest BCUT2D eigenvalue weighted by atomic mass is 10.2. The maximum absolute atomic E-state index is 10.6. The minimum absolute atomic E-state index is 0.0616. The lowest BCUT2D eigenvalue weighted by Crippen LogP contribution is -2.35. The van der Waals surface area contributed by atoms with E-state index in [1.807, 2.05) is 20.8 Å². The van der Waals surface area contributed by atoms with Gasteiger partial charge in [-0.3, -0.25) is 4.84 Å². The number of hydrogen-bond donors (Lipinski definition) is 2. The van der Waals surface area contributed by atoms with Crippen LogP contribution in [0, 0.1) is 0 Å². The number of hydrogen-bond acceptors (Lipinski definition) is 4. The molecule has 88 valence electrons. The molecule has 1 fully saturated rings. The van der Waals surface area contributed by atoms with Gasteiger partial charge in [0, 0.05) is 6.54 Å². The van der Waals surface area contributed by atoms with Gasteiger partial charge in [0.15, 0.2) is 6.10 Å². The summed E-state index contributed by atoms with van der Waals surface area (Å²) in [5, 5.41) is 8.71. The Bertz CT molecular complexity index is 224. The van der Waals surface area contributed by atoms with Crippen LogP contribution in [0.3, 0.4) is 0 Å². The minimum Gasteiger partial charge on any atom is -0.479 e. The number of aliphatic carboxylic acids is 1. The van der Waals surface area contributed by atoms with Gasteiger partial charge in [0.25, 0.3) is 0 Å². The largest absolute Gasteiger partial charge is 0.479 e. The van der Waals surface area contributed by atoms with E-state index >= 15 is 0 Å². The van der Waals surface area contributed by atoms with Crippen LogP contribution in [0.25, 0.3) is 0 Å². The smallest absolute Gasteiger partial charge is 0.332 e. The summed E-state index contributed by atoms with van der Waals surface area (Å²) < 4.78 is 5.30. The summed E-state index contributed by atoms with van der Waals surface area (Å²) in [4.78, 5) is 15.9. The summed E-state index contributed by atoms with van der Waals surface area (Å²) >= 11 is 0. The lowest BCUT2D eigenvalue weighted by molar-refractivity contribution is -0.150. The molecule has 1 saturated heterocycles. The van der Waals surface area contributed by atoms with E-state index in [0.717, 1.165) is 6.42 Å². The third kappa shape index (κ3) is 4.59. The maximum Gasteiger partial charge on any atom is 0.332 e. The Morgan fingerprint density at radius 2 is 2.20 bits per heavy atom. The second-order valence-electron chi connectivity index (χ2n) is 4.73. The van der Waals surface area contributed by atoms with Crippen molar-refractivity contribution in [3.63, 3.8) is 0 Å². The standard InChI is InChI=1S/C10H19NO4/c1-10(2,3)15-11-6-7-4-5-8(14-7)9(12)13/h7-8,11H,4-6H2,1-3H3,(H,12,13). The molecule has 0 bridgehead atoms. The van der Waals surface area contributed by atoms with Crippen molar-refractivity contribution in [2.24, 2.45) is 0 Å². The van der Waals surface area contributed by atoms with E-state index in [4.69, 9.17) is 14.7 Å². The molecule has 1 aliphatic rings. The molecule has 1 aliphatic heterocycles. The third-order valence-corrected chi connectivity index (χ3v) is 2.07. The van der Waals surface area contributed by atoms with Crippen LogP contribution in [0.2, 0.25) is 0 Å². The topological polar surface area (TPSA) is 67.8 Å². The highest BCUT2D eigenvalue weighted by atomic mass is 16.7. The van der Waals surface area contributed by atoms with Gasteiger partial charge in [-0.2, -0.15) is 5.48 Å². The van der Waals surface area contributed by atoms with E-state index in [0.29, 0.717) is 13.0 Å². The van der Waals surface area contributed by atoms with Gasteiger partial charge in [-0.15, -0.1) is 0 Å². The molecular weight excluding hydrogens is 198 g/mol. The van der Waals surface area contributed by atoms with Gasteiger partial charge in [0.05, 0.1) is 11.7 Å². The van der Waals surface area contributed by atoms with Crippen LogP contribution in [-0.4, -0.2) is 35.4 Å². The number of ether oxygens (including phenoxy) is 1. The number of carbonyl (C=O) groups is 1. The Labute approximate surface area is 89.7 Å². The molecule has 0 radical (unpaired) electrons. The maximum atomic E-state index is 10.6. The van der Waals surface area contributed by atoms with Gasteiger partial charge in [-0.1, -0.05) is 0 Å². The molecule has 1 heterocycles. The molecule has 0 saturated carbocycles. The summed E-state index contributed by atoms with van der Waals surface area (Å²) in [5.74, 6) is -0.880. The van der Waals surface area contributed by atoms with Crippen LogP contribution in [0.1, 0.15) is 33.6 Å². The summed E-state index contributed by atoms with van der Waals surface area (Å²) in [6.07, 6.45) is 0.633. The highest BCUT2D eigenvalue weighted by Crippen LogP contribution is 2.19. The normalized spacial score (nSPS) is 26.9. The van der Waals surface area contributed by atoms with Crippen molar-refractivity contribution < 1.29 is 19.5 Å². The number of hydroxylamine groups is 1. The van der Waals surface area contributed by atoms with Gasteiger partial charge in [-0.05, 0) is 33.6 Å². The first-order valence-electron chi connectivity index (χ1n) is 5.17. The van der Waals surface area contributed by atoms with E-state index in [9.17, 15) is 4.79 Å². The van der Waals surface area contributed by atoms with Crippen molar-refractivity contribution in [2.75, 3.05) is 6.54 Å². The highest BCUT2D eigenvalue weighted by Gasteiger charge is 2.30. The second-order valence-corrected chi connectivity index (χ2v) is 4.73. The monoisotopic (exact) mass is 217 g/mol. The number of carboxylic acids is 1. The number of carboxylic acid groups (broad SMARTS) is 1. The highest BCUT2D eigenvalue weighted by molar-refractivity contribution is 5.72. The number of nitrogens with one attached hydrogen (secondary N) is 1. The fourth-order valence-electron chi connectivity index (χ4n) is 1.39. The summed E-state index contributed by atoms with van der Waals surface area (Å²) in [5.41, 5.74) is 2.56. The molecule has 1 rings (SSSR count). The van der Waals surface area contributed by atoms with Gasteiger partial charge < -0.3 is 9.84 Å². The molecule has 0 aromatic rings. The van der Waals surface area contributed by atoms with Crippen LogP contribution < -0.4 is 5.48 Å². The van der Waals surface area contributed by atoms with Gasteiger partial charge in [0.2, 0.25) is 0 Å². The van der Waals surface area contributed by atoms with Crippen molar-refractivity contribution >= 4 is 5.97 Å². The first kappa shape index (κ1) is 12.4. The molecule has 2 atom stereocenters. The summed E-state index contributed by atoms with van der Waals surface area (Å²) in [6.45, 7) is 6.35. The zero-order valence-corrected chi connectivity index (χ0v) is 9.45. The summed E-state index contributed by atoms with van der Waals surface area (Å²) in [6, 6.07) is 0. The molecule has 5 heteroatoms. The molecule has 2 unspecified atom stereocenters. The van der Waals surface area contributed by atoms with E-state index in [-0.39, 0.29) is 11.7 Å². The van der Waals surface area contributed by atoms with E-state index in [2.05, 4.69) is 5.48 Å². The van der Waals surface area contributed by atoms with Crippen LogP contribution in [0.4, 0.5) is 0 Å². The Hall–Kier alpha value is -0.650. The molecule has 0 amide bonds. The van der Waals surface area contributed by atoms with Crippen molar-refractivity contribution in [3.05, 3.63) is 0 Å². The van der Waals surface area contributed by atoms with Crippen LogP contribution in [0.5, 0.6) is 0 Å².